The van der Waals surface area contributed by atoms with Gasteiger partial charge in [-0.1, -0.05) is 0 Å². The van der Waals surface area contributed by atoms with E-state index in [1.165, 1.54) is 7.11 Å². The highest BCUT2D eigenvalue weighted by Crippen LogP contribution is 2.19. The summed E-state index contributed by atoms with van der Waals surface area (Å²) in [5.41, 5.74) is -0.221. The van der Waals surface area contributed by atoms with Gasteiger partial charge in [0.15, 0.2) is 0 Å². The Hall–Kier alpha value is -1.78. The van der Waals surface area contributed by atoms with Gasteiger partial charge >= 0.3 is 5.97 Å². The molecule has 12 heavy (non-hydrogen) atoms. The van der Waals surface area contributed by atoms with Gasteiger partial charge in [0.1, 0.15) is 11.3 Å². The molecule has 2 N–H and O–H groups in total. The van der Waals surface area contributed by atoms with Crippen LogP contribution in [0.25, 0.3) is 0 Å². The molecule has 1 rings (SSSR count). The molecule has 0 saturated heterocycles. The number of ether oxygens (including phenoxy) is 1. The minimum Gasteiger partial charge on any atom is -0.505 e. The van der Waals surface area contributed by atoms with E-state index in [0.29, 0.717) is 0 Å². The van der Waals surface area contributed by atoms with Gasteiger partial charge in [0, 0.05) is 6.07 Å². The number of methoxy groups -OCH3 is 1. The van der Waals surface area contributed by atoms with Crippen molar-refractivity contribution in [2.45, 2.75) is 0 Å². The van der Waals surface area contributed by atoms with Crippen LogP contribution in [0.3, 0.4) is 0 Å². The fraction of sp³-hybridized carbons (Fsp3) is 0.143. The summed E-state index contributed by atoms with van der Waals surface area (Å²) < 4.78 is 4.67. The second-order valence-electron chi connectivity index (χ2n) is 2.05. The smallest absolute Gasteiger partial charge is 0.339 e. The molecule has 1 aromatic rings. The first-order valence-electron chi connectivity index (χ1n) is 3.11. The molecule has 0 amide bonds. The Morgan fingerprint density at radius 3 is 2.83 bits per heavy atom. The minimum atomic E-state index is -1.21. The van der Waals surface area contributed by atoms with E-state index in [0.717, 1.165) is 12.3 Å². The van der Waals surface area contributed by atoms with Crippen LogP contribution in [0, 0.1) is 0 Å². The lowest BCUT2D eigenvalue weighted by molar-refractivity contribution is 0.0693. The van der Waals surface area contributed by atoms with Crippen molar-refractivity contribution >= 4 is 5.97 Å². The number of carboxylic acids is 1. The number of nitrogens with zero attached hydrogens (tertiary/aromatic N) is 1. The predicted molar refractivity (Wildman–Crippen MR) is 39.4 cm³/mol. The van der Waals surface area contributed by atoms with E-state index in [1.807, 2.05) is 0 Å². The number of aromatic hydroxyl groups is 1. The van der Waals surface area contributed by atoms with Crippen LogP contribution >= 0.6 is 0 Å². The van der Waals surface area contributed by atoms with Crippen molar-refractivity contribution in [1.29, 1.82) is 0 Å². The highest BCUT2D eigenvalue weighted by Gasteiger charge is 2.10. The maximum Gasteiger partial charge on any atom is 0.339 e. The Labute approximate surface area is 68.2 Å². The van der Waals surface area contributed by atoms with E-state index in [4.69, 9.17) is 10.2 Å². The zero-order valence-corrected chi connectivity index (χ0v) is 6.31. The molecule has 64 valence electrons. The van der Waals surface area contributed by atoms with Crippen molar-refractivity contribution in [1.82, 2.24) is 4.98 Å². The number of carboxylic acid groups (broad SMARTS) is 1. The van der Waals surface area contributed by atoms with Gasteiger partial charge in [-0.15, -0.1) is 0 Å². The lowest BCUT2D eigenvalue weighted by Gasteiger charge is -2.01. The summed E-state index contributed by atoms with van der Waals surface area (Å²) >= 11 is 0. The van der Waals surface area contributed by atoms with E-state index in [1.54, 1.807) is 0 Å². The third kappa shape index (κ3) is 1.45. The van der Waals surface area contributed by atoms with E-state index in [9.17, 15) is 4.79 Å². The number of rotatable bonds is 2. The Bertz CT molecular complexity index is 310. The fourth-order valence-electron chi connectivity index (χ4n) is 0.712. The van der Waals surface area contributed by atoms with Crippen molar-refractivity contribution < 1.29 is 19.7 Å². The van der Waals surface area contributed by atoms with Gasteiger partial charge in [0.2, 0.25) is 5.88 Å². The summed E-state index contributed by atoms with van der Waals surface area (Å²) in [6.07, 6.45) is 1.03. The summed E-state index contributed by atoms with van der Waals surface area (Å²) in [6, 6.07) is 1.15. The number of aromatic nitrogens is 1. The van der Waals surface area contributed by atoms with Crippen molar-refractivity contribution in [3.63, 3.8) is 0 Å². The molecule has 1 heterocycles. The molecule has 0 saturated carbocycles. The molecule has 0 aliphatic heterocycles. The summed E-state index contributed by atoms with van der Waals surface area (Å²) in [6.45, 7) is 0. The normalized spacial score (nSPS) is 9.42. The van der Waals surface area contributed by atoms with Crippen LogP contribution in [0.5, 0.6) is 11.6 Å². The van der Waals surface area contributed by atoms with E-state index in [-0.39, 0.29) is 17.2 Å². The molecule has 5 heteroatoms. The molecule has 0 spiro atoms. The van der Waals surface area contributed by atoms with Crippen molar-refractivity contribution in [2.24, 2.45) is 0 Å². The first-order valence-corrected chi connectivity index (χ1v) is 3.11. The predicted octanol–water partition coefficient (Wildman–Crippen LogP) is 0.494. The highest BCUT2D eigenvalue weighted by molar-refractivity contribution is 5.90. The molecule has 0 aliphatic carbocycles. The zero-order valence-electron chi connectivity index (χ0n) is 6.31. The first-order chi connectivity index (χ1) is 5.65. The molecule has 0 atom stereocenters. The summed E-state index contributed by atoms with van der Waals surface area (Å²) in [5, 5.41) is 17.5. The average molecular weight is 169 g/mol. The largest absolute Gasteiger partial charge is 0.505 e. The van der Waals surface area contributed by atoms with Crippen molar-refractivity contribution in [3.8, 4) is 11.6 Å². The fourth-order valence-corrected chi connectivity index (χ4v) is 0.712. The number of hydrogen-bond acceptors (Lipinski definition) is 4. The minimum absolute atomic E-state index is 0.158. The maximum atomic E-state index is 10.4. The number of pyridine rings is 1. The molecular weight excluding hydrogens is 162 g/mol. The Kier molecular flexibility index (Phi) is 2.14. The molecule has 0 unspecified atom stereocenters. The Morgan fingerprint density at radius 2 is 2.33 bits per heavy atom. The van der Waals surface area contributed by atoms with Crippen molar-refractivity contribution in [2.75, 3.05) is 7.11 Å². The van der Waals surface area contributed by atoms with Gasteiger partial charge in [0.25, 0.3) is 0 Å². The SMILES string of the molecule is COc1cc(C(=O)O)c(O)cn1. The third-order valence-corrected chi connectivity index (χ3v) is 1.30. The standard InChI is InChI=1S/C7H7NO4/c1-12-6-2-4(7(10)11)5(9)3-8-6/h2-3,9H,1H3,(H,10,11). The van der Waals surface area contributed by atoms with Crippen LogP contribution < -0.4 is 4.74 Å². The van der Waals surface area contributed by atoms with Gasteiger partial charge in [-0.3, -0.25) is 0 Å². The molecular formula is C7H7NO4. The van der Waals surface area contributed by atoms with E-state index in [2.05, 4.69) is 9.72 Å². The maximum absolute atomic E-state index is 10.4. The third-order valence-electron chi connectivity index (χ3n) is 1.30. The molecule has 0 aliphatic rings. The summed E-state index contributed by atoms with van der Waals surface area (Å²) in [7, 11) is 1.37. The molecule has 1 aromatic heterocycles. The highest BCUT2D eigenvalue weighted by atomic mass is 16.5. The molecule has 0 aromatic carbocycles. The van der Waals surface area contributed by atoms with Gasteiger partial charge in [0.05, 0.1) is 13.3 Å². The lowest BCUT2D eigenvalue weighted by Crippen LogP contribution is -1.98. The van der Waals surface area contributed by atoms with E-state index >= 15 is 0 Å². The number of aromatic carboxylic acids is 1. The molecule has 5 nitrogen and oxygen atoms in total. The molecule has 0 bridgehead atoms. The zero-order chi connectivity index (χ0) is 9.14. The van der Waals surface area contributed by atoms with Gasteiger partial charge < -0.3 is 14.9 Å². The summed E-state index contributed by atoms with van der Waals surface area (Å²) in [5.74, 6) is -1.43. The number of hydrogen-bond donors (Lipinski definition) is 2. The van der Waals surface area contributed by atoms with Crippen LogP contribution in [0.2, 0.25) is 0 Å². The van der Waals surface area contributed by atoms with Crippen LogP contribution in [-0.2, 0) is 0 Å². The molecule has 0 radical (unpaired) electrons. The topological polar surface area (TPSA) is 79.7 Å². The van der Waals surface area contributed by atoms with Crippen LogP contribution in [0.1, 0.15) is 10.4 Å². The second-order valence-corrected chi connectivity index (χ2v) is 2.05. The Morgan fingerprint density at radius 1 is 1.67 bits per heavy atom. The quantitative estimate of drug-likeness (QED) is 0.673. The van der Waals surface area contributed by atoms with E-state index < -0.39 is 5.97 Å². The first kappa shape index (κ1) is 8.32. The van der Waals surface area contributed by atoms with Crippen molar-refractivity contribution in [3.05, 3.63) is 17.8 Å². The molecule has 0 fully saturated rings. The average Bonchev–Trinajstić information content (AvgIpc) is 2.05. The van der Waals surface area contributed by atoms with Crippen LogP contribution in [0.4, 0.5) is 0 Å². The second kappa shape index (κ2) is 3.08. The van der Waals surface area contributed by atoms with Gasteiger partial charge in [-0.2, -0.15) is 0 Å². The Balaban J connectivity index is 3.17. The number of carbonyl (C=O) groups is 1. The monoisotopic (exact) mass is 169 g/mol. The van der Waals surface area contributed by atoms with Gasteiger partial charge in [-0.05, 0) is 0 Å². The van der Waals surface area contributed by atoms with Crippen LogP contribution in [-0.4, -0.2) is 28.3 Å². The lowest BCUT2D eigenvalue weighted by atomic mass is 10.2. The van der Waals surface area contributed by atoms with Gasteiger partial charge in [-0.25, -0.2) is 9.78 Å². The van der Waals surface area contributed by atoms with Crippen LogP contribution in [0.15, 0.2) is 12.3 Å². The summed E-state index contributed by atoms with van der Waals surface area (Å²) in [4.78, 5) is 14.1.